The molecule has 17 heavy (non-hydrogen) atoms. The SMILES string of the molecule is CC1(C)CC(CN=[N+]=[N-])N=C1c1ccccc1. The summed E-state index contributed by atoms with van der Waals surface area (Å²) in [6, 6.07) is 10.3. The molecule has 88 valence electrons. The van der Waals surface area contributed by atoms with Crippen LogP contribution in [0, 0.1) is 5.41 Å². The molecular weight excluding hydrogens is 212 g/mol. The van der Waals surface area contributed by atoms with Crippen LogP contribution in [-0.2, 0) is 0 Å². The second-order valence-corrected chi connectivity index (χ2v) is 5.00. The van der Waals surface area contributed by atoms with Crippen LogP contribution in [0.4, 0.5) is 0 Å². The van der Waals surface area contributed by atoms with E-state index in [4.69, 9.17) is 10.5 Å². The van der Waals surface area contributed by atoms with Gasteiger partial charge >= 0.3 is 0 Å². The average Bonchev–Trinajstić information content (AvgIpc) is 2.63. The predicted molar refractivity (Wildman–Crippen MR) is 69.2 cm³/mol. The van der Waals surface area contributed by atoms with E-state index in [2.05, 4.69) is 36.0 Å². The van der Waals surface area contributed by atoms with Crippen LogP contribution in [0.2, 0.25) is 0 Å². The molecule has 0 saturated carbocycles. The molecule has 0 N–H and O–H groups in total. The third-order valence-corrected chi connectivity index (χ3v) is 3.10. The molecule has 0 aromatic heterocycles. The first kappa shape index (κ1) is 11.7. The lowest BCUT2D eigenvalue weighted by Crippen LogP contribution is -2.21. The summed E-state index contributed by atoms with van der Waals surface area (Å²) < 4.78 is 0. The Morgan fingerprint density at radius 2 is 2.12 bits per heavy atom. The molecule has 1 aromatic carbocycles. The number of rotatable bonds is 3. The summed E-state index contributed by atoms with van der Waals surface area (Å²) in [7, 11) is 0. The molecule has 1 aliphatic rings. The van der Waals surface area contributed by atoms with Crippen molar-refractivity contribution in [2.45, 2.75) is 26.3 Å². The van der Waals surface area contributed by atoms with E-state index >= 15 is 0 Å². The van der Waals surface area contributed by atoms with Gasteiger partial charge in [-0.15, -0.1) is 0 Å². The maximum absolute atomic E-state index is 8.35. The Labute approximate surface area is 101 Å². The standard InChI is InChI=1S/C13H16N4/c1-13(2)8-11(9-15-17-14)16-12(13)10-6-4-3-5-7-10/h3-7,11H,8-9H2,1-2H3. The van der Waals surface area contributed by atoms with Crippen molar-refractivity contribution < 1.29 is 0 Å². The van der Waals surface area contributed by atoms with Gasteiger partial charge in [0.05, 0.1) is 6.04 Å². The largest absolute Gasteiger partial charge is 0.285 e. The molecule has 1 unspecified atom stereocenters. The summed E-state index contributed by atoms with van der Waals surface area (Å²) in [5, 5.41) is 3.62. The summed E-state index contributed by atoms with van der Waals surface area (Å²) in [6.07, 6.45) is 0.941. The molecule has 4 nitrogen and oxygen atoms in total. The van der Waals surface area contributed by atoms with Gasteiger partial charge in [0.15, 0.2) is 0 Å². The van der Waals surface area contributed by atoms with E-state index in [1.807, 2.05) is 18.2 Å². The molecule has 0 radical (unpaired) electrons. The van der Waals surface area contributed by atoms with Crippen LogP contribution in [-0.4, -0.2) is 18.3 Å². The Morgan fingerprint density at radius 3 is 2.76 bits per heavy atom. The fourth-order valence-electron chi connectivity index (χ4n) is 2.39. The van der Waals surface area contributed by atoms with Gasteiger partial charge in [-0.2, -0.15) is 0 Å². The molecule has 0 amide bonds. The Kier molecular flexibility index (Phi) is 3.16. The topological polar surface area (TPSA) is 61.1 Å². The highest BCUT2D eigenvalue weighted by Gasteiger charge is 2.35. The van der Waals surface area contributed by atoms with Crippen molar-refractivity contribution in [3.05, 3.63) is 46.3 Å². The van der Waals surface area contributed by atoms with E-state index in [0.29, 0.717) is 6.54 Å². The van der Waals surface area contributed by atoms with Crippen molar-refractivity contribution in [2.24, 2.45) is 15.5 Å². The van der Waals surface area contributed by atoms with Crippen LogP contribution in [0.5, 0.6) is 0 Å². The molecule has 4 heteroatoms. The summed E-state index contributed by atoms with van der Waals surface area (Å²) >= 11 is 0. The Morgan fingerprint density at radius 1 is 1.41 bits per heavy atom. The van der Waals surface area contributed by atoms with Crippen molar-refractivity contribution in [1.29, 1.82) is 0 Å². The first-order valence-corrected chi connectivity index (χ1v) is 5.78. The Bertz CT molecular complexity index is 469. The summed E-state index contributed by atoms with van der Waals surface area (Å²) in [5.41, 5.74) is 10.7. The van der Waals surface area contributed by atoms with Crippen molar-refractivity contribution in [3.63, 3.8) is 0 Å². The van der Waals surface area contributed by atoms with Crippen LogP contribution < -0.4 is 0 Å². The molecule has 0 saturated heterocycles. The molecule has 1 atom stereocenters. The first-order valence-electron chi connectivity index (χ1n) is 5.78. The van der Waals surface area contributed by atoms with Crippen LogP contribution in [0.1, 0.15) is 25.8 Å². The summed E-state index contributed by atoms with van der Waals surface area (Å²) in [5.74, 6) is 0. The number of nitrogens with zero attached hydrogens (tertiary/aromatic N) is 4. The highest BCUT2D eigenvalue weighted by molar-refractivity contribution is 6.05. The smallest absolute Gasteiger partial charge is 0.0568 e. The van der Waals surface area contributed by atoms with E-state index in [9.17, 15) is 0 Å². The molecule has 1 aromatic rings. The minimum Gasteiger partial charge on any atom is -0.285 e. The summed E-state index contributed by atoms with van der Waals surface area (Å²) in [6.45, 7) is 4.83. The fourth-order valence-corrected chi connectivity index (χ4v) is 2.39. The first-order chi connectivity index (χ1) is 8.13. The third kappa shape index (κ3) is 2.48. The quantitative estimate of drug-likeness (QED) is 0.431. The molecule has 0 aliphatic carbocycles. The second kappa shape index (κ2) is 4.60. The lowest BCUT2D eigenvalue weighted by Gasteiger charge is -2.20. The fraction of sp³-hybridized carbons (Fsp3) is 0.462. The van der Waals surface area contributed by atoms with E-state index in [-0.39, 0.29) is 11.5 Å². The number of benzene rings is 1. The molecule has 2 rings (SSSR count). The lowest BCUT2D eigenvalue weighted by atomic mass is 9.81. The minimum atomic E-state index is 0.0526. The Balaban J connectivity index is 2.28. The van der Waals surface area contributed by atoms with Gasteiger partial charge in [-0.25, -0.2) is 0 Å². The van der Waals surface area contributed by atoms with E-state index < -0.39 is 0 Å². The van der Waals surface area contributed by atoms with Crippen molar-refractivity contribution in [3.8, 4) is 0 Å². The van der Waals surface area contributed by atoms with E-state index in [0.717, 1.165) is 12.1 Å². The highest BCUT2D eigenvalue weighted by Crippen LogP contribution is 2.35. The van der Waals surface area contributed by atoms with Crippen molar-refractivity contribution in [1.82, 2.24) is 0 Å². The molecule has 1 aliphatic heterocycles. The van der Waals surface area contributed by atoms with Crippen molar-refractivity contribution >= 4 is 5.71 Å². The van der Waals surface area contributed by atoms with Gasteiger partial charge in [0.2, 0.25) is 0 Å². The number of hydrogen-bond donors (Lipinski definition) is 0. The zero-order valence-electron chi connectivity index (χ0n) is 10.2. The van der Waals surface area contributed by atoms with Crippen LogP contribution >= 0.6 is 0 Å². The molecular formula is C13H16N4. The summed E-state index contributed by atoms with van der Waals surface area (Å²) in [4.78, 5) is 7.50. The van der Waals surface area contributed by atoms with Crippen LogP contribution in [0.15, 0.2) is 40.4 Å². The van der Waals surface area contributed by atoms with Gasteiger partial charge in [-0.1, -0.05) is 49.3 Å². The molecule has 1 heterocycles. The zero-order valence-corrected chi connectivity index (χ0v) is 10.2. The highest BCUT2D eigenvalue weighted by atomic mass is 15.1. The van der Waals surface area contributed by atoms with Crippen LogP contribution in [0.25, 0.3) is 10.4 Å². The number of aliphatic imine (C=N–C) groups is 1. The van der Waals surface area contributed by atoms with Gasteiger partial charge in [-0.05, 0) is 17.5 Å². The van der Waals surface area contributed by atoms with Gasteiger partial charge < -0.3 is 0 Å². The van der Waals surface area contributed by atoms with Gasteiger partial charge in [0.1, 0.15) is 0 Å². The normalized spacial score (nSPS) is 21.8. The third-order valence-electron chi connectivity index (χ3n) is 3.10. The monoisotopic (exact) mass is 228 g/mol. The van der Waals surface area contributed by atoms with E-state index in [1.54, 1.807) is 0 Å². The minimum absolute atomic E-state index is 0.0526. The Hall–Kier alpha value is -1.80. The molecule has 0 spiro atoms. The molecule has 0 fully saturated rings. The number of azide groups is 1. The van der Waals surface area contributed by atoms with Crippen molar-refractivity contribution in [2.75, 3.05) is 6.54 Å². The number of hydrogen-bond acceptors (Lipinski definition) is 2. The van der Waals surface area contributed by atoms with Gasteiger partial charge in [0.25, 0.3) is 0 Å². The maximum Gasteiger partial charge on any atom is 0.0568 e. The maximum atomic E-state index is 8.35. The predicted octanol–water partition coefficient (Wildman–Crippen LogP) is 3.58. The molecule has 0 bridgehead atoms. The zero-order chi connectivity index (χ0) is 12.3. The van der Waals surface area contributed by atoms with Crippen LogP contribution in [0.3, 0.4) is 0 Å². The van der Waals surface area contributed by atoms with E-state index in [1.165, 1.54) is 5.56 Å². The lowest BCUT2D eigenvalue weighted by molar-refractivity contribution is 0.465. The van der Waals surface area contributed by atoms with Gasteiger partial charge in [0, 0.05) is 22.6 Å². The average molecular weight is 228 g/mol. The van der Waals surface area contributed by atoms with Gasteiger partial charge in [-0.3, -0.25) is 4.99 Å². The second-order valence-electron chi connectivity index (χ2n) is 5.00.